The summed E-state index contributed by atoms with van der Waals surface area (Å²) >= 11 is 6.50. The zero-order valence-electron chi connectivity index (χ0n) is 69.0. The zero-order chi connectivity index (χ0) is 88.0. The van der Waals surface area contributed by atoms with Crippen molar-refractivity contribution in [3.63, 3.8) is 0 Å². The average molecular weight is 1770 g/mol. The van der Waals surface area contributed by atoms with Crippen LogP contribution in [0, 0.1) is 11.3 Å². The summed E-state index contributed by atoms with van der Waals surface area (Å²) in [5.41, 5.74) is 47.3. The number of para-hydroxylation sites is 1. The summed E-state index contributed by atoms with van der Waals surface area (Å²) in [6.45, 7) is 7.54. The largest absolute Gasteiger partial charge is 0.496 e. The van der Waals surface area contributed by atoms with Gasteiger partial charge in [-0.25, -0.2) is 49.8 Å². The number of nitrogen functional groups attached to an aromatic ring is 5. The number of rotatable bonds is 22. The van der Waals surface area contributed by atoms with Crippen LogP contribution in [0.2, 0.25) is 0 Å². The van der Waals surface area contributed by atoms with Gasteiger partial charge in [0.15, 0.2) is 28.9 Å². The molecule has 5 aromatic carbocycles. The molecule has 0 bridgehead atoms. The number of carbonyl (C=O) groups excluding carboxylic acids is 6. The second-order valence-electron chi connectivity index (χ2n) is 31.1. The Morgan fingerprint density at radius 2 is 0.706 bits per heavy atom. The van der Waals surface area contributed by atoms with E-state index in [-0.39, 0.29) is 28.9 Å². The Bertz CT molecular complexity index is 7140. The van der Waals surface area contributed by atoms with E-state index in [9.17, 15) is 34.0 Å². The highest BCUT2D eigenvalue weighted by Gasteiger charge is 2.32. The fourth-order valence-electron chi connectivity index (χ4n) is 14.1. The molecule has 11 heterocycles. The van der Waals surface area contributed by atoms with E-state index in [0.29, 0.717) is 189 Å². The number of ether oxygens (including phenoxy) is 1. The summed E-state index contributed by atoms with van der Waals surface area (Å²) in [6.07, 6.45) is 14.6. The number of nitriles is 1. The van der Waals surface area contributed by atoms with Gasteiger partial charge in [-0.05, 0) is 130 Å². The molecule has 0 spiro atoms. The number of benzene rings is 5. The topological polar surface area (TPSA) is 493 Å². The summed E-state index contributed by atoms with van der Waals surface area (Å²) in [4.78, 5) is 128. The maximum Gasteiger partial charge on any atom is 0.248 e. The van der Waals surface area contributed by atoms with E-state index in [1.54, 1.807) is 49.8 Å². The first-order chi connectivity index (χ1) is 60.8. The lowest BCUT2D eigenvalue weighted by molar-refractivity contribution is 0.0994. The summed E-state index contributed by atoms with van der Waals surface area (Å²) in [7, 11) is 1.62. The van der Waals surface area contributed by atoms with E-state index in [1.165, 1.54) is 96.7 Å². The van der Waals surface area contributed by atoms with Crippen LogP contribution in [0.1, 0.15) is 163 Å². The van der Waals surface area contributed by atoms with Crippen molar-refractivity contribution in [2.24, 2.45) is 5.73 Å². The van der Waals surface area contributed by atoms with Gasteiger partial charge in [-0.1, -0.05) is 72.8 Å². The van der Waals surface area contributed by atoms with E-state index in [0.717, 1.165) is 118 Å². The maximum absolute atomic E-state index is 12.0. The number of fused-ring (bicyclic) bond motifs is 6. The van der Waals surface area contributed by atoms with Gasteiger partial charge in [0.2, 0.25) is 35.6 Å². The third kappa shape index (κ3) is 18.1. The molecule has 5 saturated carbocycles. The van der Waals surface area contributed by atoms with Gasteiger partial charge in [0, 0.05) is 111 Å². The summed E-state index contributed by atoms with van der Waals surface area (Å²) in [6, 6.07) is 44.2. The molecule has 0 saturated heterocycles. The molecule has 5 aliphatic rings. The van der Waals surface area contributed by atoms with Gasteiger partial charge in [0.1, 0.15) is 29.9 Å². The molecule has 17 N–H and O–H groups in total. The number of methoxy groups -OCH3 is 1. The van der Waals surface area contributed by atoms with E-state index in [2.05, 4.69) is 108 Å². The molecule has 5 fully saturated rings. The number of hydrogen-bond acceptors (Lipinski definition) is 34. The molecule has 21 rings (SSSR count). The summed E-state index contributed by atoms with van der Waals surface area (Å²) in [5.74, 6) is 2.59. The minimum atomic E-state index is -0.517. The Morgan fingerprint density at radius 1 is 0.373 bits per heavy atom. The molecule has 16 aromatic rings. The monoisotopic (exact) mass is 1770 g/mol. The van der Waals surface area contributed by atoms with Gasteiger partial charge >= 0.3 is 0 Å². The molecule has 1 amide bonds. The Morgan fingerprint density at radius 3 is 1.06 bits per heavy atom. The maximum atomic E-state index is 12.0. The molecule has 634 valence electrons. The van der Waals surface area contributed by atoms with Crippen molar-refractivity contribution in [2.45, 2.75) is 129 Å². The minimum absolute atomic E-state index is 0.0448. The number of carbonyl (C=O) groups is 6. The fourth-order valence-corrected chi connectivity index (χ4v) is 19.0. The second-order valence-corrected chi connectivity index (χ2v) is 36.1. The quantitative estimate of drug-likeness (QED) is 0.0281. The Hall–Kier alpha value is -14.2. The number of aromatic nitrogens is 11. The number of nitrogens with two attached hydrogens (primary N) is 6. The van der Waals surface area contributed by atoms with Gasteiger partial charge in [-0.15, -0.1) is 56.7 Å². The van der Waals surface area contributed by atoms with Crippen LogP contribution in [0.3, 0.4) is 0 Å². The van der Waals surface area contributed by atoms with Crippen molar-refractivity contribution < 1.29 is 33.5 Å². The van der Waals surface area contributed by atoms with Crippen molar-refractivity contribution in [1.82, 2.24) is 54.8 Å². The van der Waals surface area contributed by atoms with Crippen LogP contribution < -0.4 is 65.7 Å². The normalized spacial score (nSPS) is 13.8. The molecule has 0 aliphatic heterocycles. The highest BCUT2D eigenvalue weighted by atomic mass is 32.1. The van der Waals surface area contributed by atoms with E-state index in [1.807, 2.05) is 66.7 Å². The number of pyridine rings is 1. The lowest BCUT2D eigenvalue weighted by Crippen LogP contribution is -2.11. The number of amides is 1. The number of thiophene rings is 5. The molecule has 0 unspecified atom stereocenters. The van der Waals surface area contributed by atoms with Gasteiger partial charge in [-0.3, -0.25) is 33.8 Å². The van der Waals surface area contributed by atoms with Crippen LogP contribution in [-0.4, -0.2) is 127 Å². The van der Waals surface area contributed by atoms with Gasteiger partial charge < -0.3 is 65.7 Å². The van der Waals surface area contributed by atoms with Crippen molar-refractivity contribution in [3.05, 3.63) is 175 Å². The lowest BCUT2D eigenvalue weighted by atomic mass is 10.0. The SMILES string of the molecule is CC(=O)c1sc2nc(NC3CC3)nc(-c3ccc4ccccc4c3)c2c1N.CC(=O)c1sc2nc(NC3CC3)nc(-c3cccc(C#N)c3)c2c1N.CC(=O)c1sc2nc(NC3CC3)nc(-c3cccc(C(N)=O)c3)c2c1N.CC(=O)c1sc2nc(NC3CC3)nc(-c3cccnc3)c2c1N.COc1ccccc1-c1nc(NC2CC2)nc2sc(C(C)=O)c(N)c12. The third-order valence-electron chi connectivity index (χ3n) is 21.1. The standard InChI is InChI=1S/C21H18N4OS.C18H17N5O2S.C18H15N5OS.C18H18N4O2S.C16H15N5OS/c1-11(26)19-17(22)16-18(14-7-6-12-4-2-3-5-13(12)10-14)24-21(23-15-8-9-15)25-20(16)27-19;1-8(24)15-13(19)12-14(9-3-2-4-10(7-9)16(20)25)22-18(21-11-5-6-11)23-17(12)26-15;1-9(24)16-14(20)13-15(11-4-2-3-10(7-11)8-19)22-18(21-12-5-6-12)23-17(13)25-16;1-9(23)16-14(19)13-15(11-5-3-4-6-12(11)24-2)21-18(20-10-7-8-10)22-17(13)25-16;1-8(22)14-12(17)11-13(9-3-2-6-18-7-9)20-16(19-10-4-5-10)21-15(11)23-14/h2-7,10,15H,8-9,22H2,1H3,(H,23,24,25);2-4,7,11H,5-6,19H2,1H3,(H2,20,25)(H,21,22,23);2-4,7,12H,5-6,20H2,1H3,(H,21,22,23);3-6,10H,7-8,19H2,1-2H3,(H,20,21,22);2-3,6-7,10H,4-5,17H2,1H3,(H,19,20,21). The number of nitrogens with zero attached hydrogens (tertiary/aromatic N) is 12. The first-order valence-electron chi connectivity index (χ1n) is 40.6. The first kappa shape index (κ1) is 84.1. The number of anilines is 10. The van der Waals surface area contributed by atoms with E-state index < -0.39 is 5.91 Å². The molecule has 0 atom stereocenters. The van der Waals surface area contributed by atoms with Gasteiger partial charge in [0.25, 0.3) is 0 Å². The number of nitrogens with one attached hydrogen (secondary N) is 5. The smallest absolute Gasteiger partial charge is 0.248 e. The average Bonchev–Trinajstić information content (AvgIpc) is 1.62. The molecule has 35 heteroatoms. The van der Waals surface area contributed by atoms with E-state index in [4.69, 9.17) is 49.1 Å². The van der Waals surface area contributed by atoms with Gasteiger partial charge in [-0.2, -0.15) is 5.26 Å². The molecular weight excluding hydrogens is 1690 g/mol. The predicted octanol–water partition coefficient (Wildman–Crippen LogP) is 18.1. The minimum Gasteiger partial charge on any atom is -0.496 e. The van der Waals surface area contributed by atoms with Crippen LogP contribution in [-0.2, 0) is 0 Å². The van der Waals surface area contributed by atoms with Crippen LogP contribution >= 0.6 is 56.7 Å². The zero-order valence-corrected chi connectivity index (χ0v) is 73.0. The highest BCUT2D eigenvalue weighted by Crippen LogP contribution is 2.47. The third-order valence-corrected chi connectivity index (χ3v) is 27.1. The summed E-state index contributed by atoms with van der Waals surface area (Å²) < 4.78 is 5.49. The van der Waals surface area contributed by atoms with Crippen molar-refractivity contribution >= 4 is 212 Å². The molecule has 5 aliphatic carbocycles. The first-order valence-corrected chi connectivity index (χ1v) is 44.7. The highest BCUT2D eigenvalue weighted by molar-refractivity contribution is 7.23. The van der Waals surface area contributed by atoms with Crippen molar-refractivity contribution in [1.29, 1.82) is 5.26 Å². The van der Waals surface area contributed by atoms with Crippen LogP contribution in [0.5, 0.6) is 5.75 Å². The number of primary amides is 1. The Balaban J connectivity index is 0.000000111. The second kappa shape index (κ2) is 35.2. The van der Waals surface area contributed by atoms with Crippen molar-refractivity contribution in [3.8, 4) is 68.1 Å². The number of hydrogen-bond donors (Lipinski definition) is 11. The Kier molecular flexibility index (Phi) is 23.5. The summed E-state index contributed by atoms with van der Waals surface area (Å²) in [5, 5.41) is 31.6. The van der Waals surface area contributed by atoms with E-state index >= 15 is 0 Å². The number of Topliss-reactive ketones (excluding diaryl/α,β-unsaturated/α-hetero) is 5. The lowest BCUT2D eigenvalue weighted by Gasteiger charge is -2.11. The van der Waals surface area contributed by atoms with Crippen LogP contribution in [0.15, 0.2) is 140 Å². The molecule has 30 nitrogen and oxygen atoms in total. The number of ketones is 5. The Labute approximate surface area is 740 Å². The fraction of sp³-hybridized carbons (Fsp3) is 0.231. The predicted molar refractivity (Wildman–Crippen MR) is 505 cm³/mol. The molecule has 0 radical (unpaired) electrons. The van der Waals surface area contributed by atoms with Crippen LogP contribution in [0.25, 0.3) is 118 Å². The molecule has 11 aromatic heterocycles. The van der Waals surface area contributed by atoms with Crippen molar-refractivity contribution in [2.75, 3.05) is 62.4 Å². The van der Waals surface area contributed by atoms with Crippen LogP contribution in [0.4, 0.5) is 58.2 Å². The van der Waals surface area contributed by atoms with Gasteiger partial charge in [0.05, 0.1) is 127 Å². The molecule has 126 heavy (non-hydrogen) atoms. The molecular formula is C91H83N23O7S5.